The molecule has 0 saturated carbocycles. The lowest BCUT2D eigenvalue weighted by atomic mass is 10.1. The van der Waals surface area contributed by atoms with Crippen LogP contribution in [0.1, 0.15) is 47.1 Å². The van der Waals surface area contributed by atoms with Gasteiger partial charge in [-0.25, -0.2) is 4.79 Å². The minimum atomic E-state index is -1.17. The molecule has 7 heteroatoms. The highest BCUT2D eigenvalue weighted by atomic mass is 16.4. The number of carbonyl (C=O) groups is 3. The van der Waals surface area contributed by atoms with Crippen LogP contribution in [0.4, 0.5) is 0 Å². The first-order valence-corrected chi connectivity index (χ1v) is 6.90. The number of piperidine rings is 1. The number of nitrogens with zero attached hydrogens (tertiary/aromatic N) is 1. The molecular formula is C14H18N2O5. The van der Waals surface area contributed by atoms with Gasteiger partial charge >= 0.3 is 5.97 Å². The molecule has 1 fully saturated rings. The largest absolute Gasteiger partial charge is 0.478 e. The zero-order valence-electron chi connectivity index (χ0n) is 11.8. The maximum atomic E-state index is 12.2. The zero-order valence-corrected chi connectivity index (χ0v) is 11.8. The van der Waals surface area contributed by atoms with Gasteiger partial charge in [-0.05, 0) is 26.2 Å². The van der Waals surface area contributed by atoms with Gasteiger partial charge in [0.1, 0.15) is 12.3 Å². The molecule has 2 amide bonds. The third kappa shape index (κ3) is 3.62. The standard InChI is InChI=1S/C14H18N2O5/c1-9(13(18)16-5-3-2-4-6-16)15-12(17)11-7-10(8-21-11)14(19)20/h7-9H,2-6H2,1H3,(H,15,17)(H,19,20). The summed E-state index contributed by atoms with van der Waals surface area (Å²) in [6.07, 6.45) is 4.07. The molecule has 114 valence electrons. The second-order valence-electron chi connectivity index (χ2n) is 5.09. The smallest absolute Gasteiger partial charge is 0.338 e. The van der Waals surface area contributed by atoms with Crippen molar-refractivity contribution in [3.63, 3.8) is 0 Å². The minimum Gasteiger partial charge on any atom is -0.478 e. The van der Waals surface area contributed by atoms with Crippen molar-refractivity contribution in [2.45, 2.75) is 32.2 Å². The normalized spacial score (nSPS) is 16.3. The number of amides is 2. The number of hydrogen-bond acceptors (Lipinski definition) is 4. The molecule has 2 rings (SSSR count). The topological polar surface area (TPSA) is 99.9 Å². The number of likely N-dealkylation sites (tertiary alicyclic amines) is 1. The molecule has 2 N–H and O–H groups in total. The van der Waals surface area contributed by atoms with Crippen molar-refractivity contribution in [3.05, 3.63) is 23.7 Å². The van der Waals surface area contributed by atoms with Crippen LogP contribution in [0.15, 0.2) is 16.7 Å². The van der Waals surface area contributed by atoms with Crippen LogP contribution in [0, 0.1) is 0 Å². The van der Waals surface area contributed by atoms with E-state index >= 15 is 0 Å². The van der Waals surface area contributed by atoms with E-state index in [2.05, 4.69) is 5.32 Å². The van der Waals surface area contributed by atoms with Crippen molar-refractivity contribution in [3.8, 4) is 0 Å². The van der Waals surface area contributed by atoms with E-state index in [0.717, 1.165) is 31.6 Å². The first-order valence-electron chi connectivity index (χ1n) is 6.90. The van der Waals surface area contributed by atoms with Crippen molar-refractivity contribution in [2.24, 2.45) is 0 Å². The van der Waals surface area contributed by atoms with E-state index < -0.39 is 17.9 Å². The highest BCUT2D eigenvalue weighted by Crippen LogP contribution is 2.11. The maximum Gasteiger partial charge on any atom is 0.338 e. The molecule has 21 heavy (non-hydrogen) atoms. The summed E-state index contributed by atoms with van der Waals surface area (Å²) in [5.74, 6) is -2.02. The van der Waals surface area contributed by atoms with Crippen LogP contribution >= 0.6 is 0 Å². The fourth-order valence-corrected chi connectivity index (χ4v) is 2.29. The van der Waals surface area contributed by atoms with Gasteiger partial charge in [-0.15, -0.1) is 0 Å². The van der Waals surface area contributed by atoms with Crippen molar-refractivity contribution >= 4 is 17.8 Å². The molecule has 0 bridgehead atoms. The summed E-state index contributed by atoms with van der Waals surface area (Å²) in [4.78, 5) is 36.5. The quantitative estimate of drug-likeness (QED) is 0.866. The summed E-state index contributed by atoms with van der Waals surface area (Å²) in [5.41, 5.74) is -0.102. The van der Waals surface area contributed by atoms with E-state index in [4.69, 9.17) is 9.52 Å². The van der Waals surface area contributed by atoms with Gasteiger partial charge in [0.25, 0.3) is 5.91 Å². The molecule has 0 aliphatic carbocycles. The van der Waals surface area contributed by atoms with Crippen molar-refractivity contribution in [1.82, 2.24) is 10.2 Å². The van der Waals surface area contributed by atoms with Crippen LogP contribution in [-0.2, 0) is 4.79 Å². The molecule has 1 aliphatic rings. The Hall–Kier alpha value is -2.31. The van der Waals surface area contributed by atoms with Crippen LogP contribution in [0.5, 0.6) is 0 Å². The minimum absolute atomic E-state index is 0.102. The molecule has 1 aromatic heterocycles. The molecule has 1 aromatic rings. The average Bonchev–Trinajstić information content (AvgIpc) is 2.97. The van der Waals surface area contributed by atoms with Gasteiger partial charge in [0.15, 0.2) is 5.76 Å². The summed E-state index contributed by atoms with van der Waals surface area (Å²) in [6.45, 7) is 3.03. The Balaban J connectivity index is 1.94. The lowest BCUT2D eigenvalue weighted by Crippen LogP contribution is -2.48. The number of carbonyl (C=O) groups excluding carboxylic acids is 2. The Labute approximate surface area is 121 Å². The fourth-order valence-electron chi connectivity index (χ4n) is 2.29. The lowest BCUT2D eigenvalue weighted by molar-refractivity contribution is -0.133. The van der Waals surface area contributed by atoms with Crippen LogP contribution in [-0.4, -0.2) is 46.9 Å². The number of aromatic carboxylic acids is 1. The van der Waals surface area contributed by atoms with E-state index in [1.54, 1.807) is 11.8 Å². The molecule has 1 saturated heterocycles. The van der Waals surface area contributed by atoms with Crippen LogP contribution in [0.2, 0.25) is 0 Å². The lowest BCUT2D eigenvalue weighted by Gasteiger charge is -2.29. The summed E-state index contributed by atoms with van der Waals surface area (Å²) in [5, 5.41) is 11.3. The SMILES string of the molecule is CC(NC(=O)c1cc(C(=O)O)co1)C(=O)N1CCCCC1. The first kappa shape index (κ1) is 15.1. The van der Waals surface area contributed by atoms with Gasteiger partial charge in [0.2, 0.25) is 5.91 Å². The van der Waals surface area contributed by atoms with Crippen molar-refractivity contribution in [2.75, 3.05) is 13.1 Å². The monoisotopic (exact) mass is 294 g/mol. The van der Waals surface area contributed by atoms with Crippen molar-refractivity contribution < 1.29 is 23.9 Å². The van der Waals surface area contributed by atoms with Gasteiger partial charge in [-0.2, -0.15) is 0 Å². The number of nitrogens with one attached hydrogen (secondary N) is 1. The van der Waals surface area contributed by atoms with Gasteiger partial charge in [-0.1, -0.05) is 0 Å². The first-order chi connectivity index (χ1) is 9.99. The number of carboxylic acid groups (broad SMARTS) is 1. The summed E-state index contributed by atoms with van der Waals surface area (Å²) < 4.78 is 4.90. The van der Waals surface area contributed by atoms with Gasteiger partial charge < -0.3 is 19.7 Å². The van der Waals surface area contributed by atoms with Gasteiger partial charge in [-0.3, -0.25) is 9.59 Å². The number of rotatable bonds is 4. The Morgan fingerprint density at radius 3 is 2.52 bits per heavy atom. The van der Waals surface area contributed by atoms with Crippen LogP contribution in [0.25, 0.3) is 0 Å². The molecule has 1 aliphatic heterocycles. The van der Waals surface area contributed by atoms with E-state index in [0.29, 0.717) is 13.1 Å². The zero-order chi connectivity index (χ0) is 15.4. The number of furan rings is 1. The second kappa shape index (κ2) is 6.43. The molecule has 7 nitrogen and oxygen atoms in total. The molecule has 2 heterocycles. The summed E-state index contributed by atoms with van der Waals surface area (Å²) in [6, 6.07) is 0.462. The second-order valence-corrected chi connectivity index (χ2v) is 5.09. The highest BCUT2D eigenvalue weighted by Gasteiger charge is 2.25. The Morgan fingerprint density at radius 2 is 1.95 bits per heavy atom. The molecule has 0 aromatic carbocycles. The molecular weight excluding hydrogens is 276 g/mol. The van der Waals surface area contributed by atoms with E-state index in [1.807, 2.05) is 0 Å². The predicted molar refractivity (Wildman–Crippen MR) is 73.0 cm³/mol. The predicted octanol–water partition coefficient (Wildman–Crippen LogP) is 1.11. The Morgan fingerprint density at radius 1 is 1.29 bits per heavy atom. The summed E-state index contributed by atoms with van der Waals surface area (Å²) >= 11 is 0. The van der Waals surface area contributed by atoms with Gasteiger partial charge in [0.05, 0.1) is 5.56 Å². The molecule has 1 atom stereocenters. The van der Waals surface area contributed by atoms with Gasteiger partial charge in [0, 0.05) is 19.2 Å². The van der Waals surface area contributed by atoms with E-state index in [9.17, 15) is 14.4 Å². The molecule has 0 spiro atoms. The Bertz CT molecular complexity index is 545. The molecule has 0 radical (unpaired) electrons. The third-order valence-electron chi connectivity index (χ3n) is 3.46. The summed E-state index contributed by atoms with van der Waals surface area (Å²) in [7, 11) is 0. The number of carboxylic acids is 1. The third-order valence-corrected chi connectivity index (χ3v) is 3.46. The van der Waals surface area contributed by atoms with Crippen molar-refractivity contribution in [1.29, 1.82) is 0 Å². The highest BCUT2D eigenvalue weighted by molar-refractivity contribution is 5.97. The van der Waals surface area contributed by atoms with E-state index in [-0.39, 0.29) is 17.2 Å². The Kier molecular flexibility index (Phi) is 4.62. The molecule has 1 unspecified atom stereocenters. The average molecular weight is 294 g/mol. The van der Waals surface area contributed by atoms with Crippen LogP contribution < -0.4 is 5.32 Å². The number of hydrogen-bond donors (Lipinski definition) is 2. The maximum absolute atomic E-state index is 12.2. The fraction of sp³-hybridized carbons (Fsp3) is 0.500. The van der Waals surface area contributed by atoms with E-state index in [1.165, 1.54) is 0 Å². The van der Waals surface area contributed by atoms with Crippen LogP contribution in [0.3, 0.4) is 0 Å².